The van der Waals surface area contributed by atoms with Crippen molar-refractivity contribution in [3.8, 4) is 5.75 Å². The van der Waals surface area contributed by atoms with Crippen LogP contribution >= 0.6 is 11.3 Å². The number of benzene rings is 1. The minimum Gasteiger partial charge on any atom is -0.497 e. The van der Waals surface area contributed by atoms with E-state index < -0.39 is 11.1 Å². The number of aromatic nitrogens is 3. The molecule has 5 rings (SSSR count). The lowest BCUT2D eigenvalue weighted by molar-refractivity contribution is 0.247. The van der Waals surface area contributed by atoms with Crippen molar-refractivity contribution in [1.82, 2.24) is 19.2 Å². The maximum atomic E-state index is 12.8. The van der Waals surface area contributed by atoms with Gasteiger partial charge in [0.25, 0.3) is 0 Å². The quantitative estimate of drug-likeness (QED) is 0.572. The molecule has 162 valence electrons. The predicted molar refractivity (Wildman–Crippen MR) is 120 cm³/mol. The number of methoxy groups -OCH3 is 1. The molecule has 31 heavy (non-hydrogen) atoms. The van der Waals surface area contributed by atoms with Crippen molar-refractivity contribution in [2.75, 3.05) is 20.2 Å². The number of hydrogen-bond donors (Lipinski definition) is 0. The smallest absolute Gasteiger partial charge is 0.332 e. The van der Waals surface area contributed by atoms with Crippen LogP contribution in [0.2, 0.25) is 0 Å². The molecule has 0 N–H and O–H groups in total. The number of hydrogen-bond acceptors (Lipinski definition) is 6. The minimum atomic E-state index is -0.555. The Labute approximate surface area is 184 Å². The standard InChI is InChI=1S/C23H26N4O3S/c1-16-3-8-19(31-16)13-25-10-9-23(14-25)11-20-24-27(22(29)21(28)26(20)15-23)12-17-4-6-18(30-2)7-5-17/h3-8H,9-15H2,1-2H3/t23-/m1/s1. The summed E-state index contributed by atoms with van der Waals surface area (Å²) in [6.45, 7) is 5.89. The maximum Gasteiger partial charge on any atom is 0.332 e. The molecule has 1 aromatic carbocycles. The van der Waals surface area contributed by atoms with Gasteiger partial charge in [0.2, 0.25) is 0 Å². The molecule has 3 aromatic rings. The number of rotatable bonds is 5. The van der Waals surface area contributed by atoms with Crippen LogP contribution in [0.4, 0.5) is 0 Å². The lowest BCUT2D eigenvalue weighted by Crippen LogP contribution is -2.43. The van der Waals surface area contributed by atoms with Crippen LogP contribution < -0.4 is 15.9 Å². The summed E-state index contributed by atoms with van der Waals surface area (Å²) in [5, 5.41) is 4.60. The first-order valence-corrected chi connectivity index (χ1v) is 11.4. The third kappa shape index (κ3) is 3.85. The molecule has 0 amide bonds. The molecule has 2 aliphatic heterocycles. The van der Waals surface area contributed by atoms with E-state index in [0.717, 1.165) is 49.6 Å². The van der Waals surface area contributed by atoms with Gasteiger partial charge in [0.1, 0.15) is 11.6 Å². The van der Waals surface area contributed by atoms with Crippen molar-refractivity contribution < 1.29 is 4.74 Å². The fourth-order valence-electron chi connectivity index (χ4n) is 4.84. The highest BCUT2D eigenvalue weighted by molar-refractivity contribution is 7.11. The van der Waals surface area contributed by atoms with E-state index in [4.69, 9.17) is 4.74 Å². The number of ether oxygens (including phenoxy) is 1. The summed E-state index contributed by atoms with van der Waals surface area (Å²) in [7, 11) is 1.62. The Bertz CT molecular complexity index is 1230. The molecule has 1 spiro atoms. The first-order chi connectivity index (χ1) is 14.9. The second-order valence-corrected chi connectivity index (χ2v) is 10.1. The summed E-state index contributed by atoms with van der Waals surface area (Å²) in [6.07, 6.45) is 1.76. The van der Waals surface area contributed by atoms with Crippen molar-refractivity contribution in [2.45, 2.75) is 39.4 Å². The van der Waals surface area contributed by atoms with E-state index in [2.05, 4.69) is 29.1 Å². The van der Waals surface area contributed by atoms with Crippen LogP contribution in [0.5, 0.6) is 5.75 Å². The van der Waals surface area contributed by atoms with Crippen molar-refractivity contribution in [3.05, 3.63) is 78.2 Å². The van der Waals surface area contributed by atoms with Gasteiger partial charge in [-0.1, -0.05) is 12.1 Å². The summed E-state index contributed by atoms with van der Waals surface area (Å²) in [6, 6.07) is 11.8. The lowest BCUT2D eigenvalue weighted by Gasteiger charge is -2.22. The monoisotopic (exact) mass is 438 g/mol. The first-order valence-electron chi connectivity index (χ1n) is 10.6. The number of likely N-dealkylation sites (tertiary alicyclic amines) is 1. The van der Waals surface area contributed by atoms with E-state index in [1.807, 2.05) is 35.6 Å². The van der Waals surface area contributed by atoms with Gasteiger partial charge < -0.3 is 4.74 Å². The Morgan fingerprint density at radius 1 is 1.06 bits per heavy atom. The summed E-state index contributed by atoms with van der Waals surface area (Å²) in [4.78, 5) is 30.7. The maximum absolute atomic E-state index is 12.8. The van der Waals surface area contributed by atoms with E-state index in [-0.39, 0.29) is 12.0 Å². The van der Waals surface area contributed by atoms with Crippen LogP contribution in [0.1, 0.15) is 27.6 Å². The molecular formula is C23H26N4O3S. The van der Waals surface area contributed by atoms with Crippen LogP contribution in [0.25, 0.3) is 0 Å². The molecule has 0 unspecified atom stereocenters. The summed E-state index contributed by atoms with van der Waals surface area (Å²) in [5.74, 6) is 1.48. The number of aryl methyl sites for hydroxylation is 1. The van der Waals surface area contributed by atoms with Crippen LogP contribution in [0.15, 0.2) is 46.0 Å². The van der Waals surface area contributed by atoms with E-state index in [1.165, 1.54) is 14.4 Å². The van der Waals surface area contributed by atoms with E-state index in [1.54, 1.807) is 11.7 Å². The number of thiophene rings is 1. The van der Waals surface area contributed by atoms with Crippen molar-refractivity contribution in [2.24, 2.45) is 5.41 Å². The second-order valence-electron chi connectivity index (χ2n) is 8.77. The van der Waals surface area contributed by atoms with Gasteiger partial charge in [-0.05, 0) is 49.7 Å². The molecule has 0 radical (unpaired) electrons. The molecule has 7 nitrogen and oxygen atoms in total. The Balaban J connectivity index is 1.35. The van der Waals surface area contributed by atoms with Gasteiger partial charge in [-0.3, -0.25) is 19.1 Å². The van der Waals surface area contributed by atoms with Gasteiger partial charge in [0.05, 0.1) is 13.7 Å². The zero-order valence-corrected chi connectivity index (χ0v) is 18.7. The van der Waals surface area contributed by atoms with Gasteiger partial charge in [0.15, 0.2) is 0 Å². The van der Waals surface area contributed by atoms with Crippen molar-refractivity contribution in [1.29, 1.82) is 0 Å². The molecule has 1 atom stereocenters. The molecule has 1 saturated heterocycles. The third-order valence-electron chi connectivity index (χ3n) is 6.42. The molecule has 1 fully saturated rings. The third-order valence-corrected chi connectivity index (χ3v) is 7.41. The molecule has 8 heteroatoms. The number of nitrogens with zero attached hydrogens (tertiary/aromatic N) is 4. The number of fused-ring (bicyclic) bond motifs is 1. The van der Waals surface area contributed by atoms with Crippen molar-refractivity contribution >= 4 is 11.3 Å². The minimum absolute atomic E-state index is 0.00278. The van der Waals surface area contributed by atoms with Gasteiger partial charge in [-0.25, -0.2) is 4.68 Å². The Morgan fingerprint density at radius 3 is 2.58 bits per heavy atom. The average molecular weight is 439 g/mol. The normalized spacial score (nSPS) is 20.5. The predicted octanol–water partition coefficient (Wildman–Crippen LogP) is 2.28. The van der Waals surface area contributed by atoms with Crippen LogP contribution in [0, 0.1) is 12.3 Å². The molecule has 0 bridgehead atoms. The van der Waals surface area contributed by atoms with E-state index in [0.29, 0.717) is 6.54 Å². The molecular weight excluding hydrogens is 412 g/mol. The summed E-state index contributed by atoms with van der Waals surface area (Å²) >= 11 is 1.84. The summed E-state index contributed by atoms with van der Waals surface area (Å²) < 4.78 is 8.12. The van der Waals surface area contributed by atoms with Crippen molar-refractivity contribution in [3.63, 3.8) is 0 Å². The zero-order valence-electron chi connectivity index (χ0n) is 17.8. The largest absolute Gasteiger partial charge is 0.497 e. The van der Waals surface area contributed by atoms with Gasteiger partial charge in [-0.15, -0.1) is 11.3 Å². The molecule has 4 heterocycles. The lowest BCUT2D eigenvalue weighted by atomic mass is 9.86. The summed E-state index contributed by atoms with van der Waals surface area (Å²) in [5.41, 5.74) is -0.106. The highest BCUT2D eigenvalue weighted by Gasteiger charge is 2.44. The highest BCUT2D eigenvalue weighted by atomic mass is 32.1. The first kappa shape index (κ1) is 20.2. The van der Waals surface area contributed by atoms with Crippen LogP contribution in [-0.4, -0.2) is 39.4 Å². The topological polar surface area (TPSA) is 69.4 Å². The van der Waals surface area contributed by atoms with Gasteiger partial charge >= 0.3 is 11.1 Å². The van der Waals surface area contributed by atoms with Gasteiger partial charge in [-0.2, -0.15) is 5.10 Å². The average Bonchev–Trinajstić information content (AvgIpc) is 3.46. The zero-order chi connectivity index (χ0) is 21.6. The van der Waals surface area contributed by atoms with Crippen LogP contribution in [-0.2, 0) is 26.1 Å². The van der Waals surface area contributed by atoms with E-state index in [9.17, 15) is 9.59 Å². The Hall–Kier alpha value is -2.71. The molecule has 2 aliphatic rings. The fourth-order valence-corrected chi connectivity index (χ4v) is 5.77. The molecule has 2 aromatic heterocycles. The fraction of sp³-hybridized carbons (Fsp3) is 0.435. The second kappa shape index (κ2) is 7.76. The molecule has 0 saturated carbocycles. The van der Waals surface area contributed by atoms with Crippen LogP contribution in [0.3, 0.4) is 0 Å². The Morgan fingerprint density at radius 2 is 1.87 bits per heavy atom. The van der Waals surface area contributed by atoms with Gasteiger partial charge in [0, 0.05) is 41.2 Å². The highest BCUT2D eigenvalue weighted by Crippen LogP contribution is 2.39. The van der Waals surface area contributed by atoms with E-state index >= 15 is 0 Å². The SMILES string of the molecule is COc1ccc(Cn2nc3n(c(=O)c2=O)C[C@]2(CCN(Cc4ccc(C)s4)C2)C3)cc1. The molecule has 0 aliphatic carbocycles. The Kier molecular flexibility index (Phi) is 5.06.